The number of halogens is 2. The molecule has 138 valence electrons. The molecule has 2 aromatic rings. The second kappa shape index (κ2) is 9.01. The molecular weight excluding hydrogens is 353 g/mol. The van der Waals surface area contributed by atoms with E-state index in [9.17, 15) is 9.18 Å². The molecule has 2 N–H and O–H groups in total. The zero-order valence-electron chi connectivity index (χ0n) is 14.7. The quantitative estimate of drug-likeness (QED) is 0.802. The minimum Gasteiger partial charge on any atom is -0.360 e. The molecule has 6 heteroatoms. The SMILES string of the molecule is O=C(C[NH+]1CCN(c2ccc(F)cc2)CC1)NCCc1ccc(Cl)cc1. The fourth-order valence-electron chi connectivity index (χ4n) is 3.20. The number of carbonyl (C=O) groups is 1. The van der Waals surface area contributed by atoms with Crippen molar-refractivity contribution in [2.45, 2.75) is 6.42 Å². The lowest BCUT2D eigenvalue weighted by molar-refractivity contribution is -0.892. The predicted molar refractivity (Wildman–Crippen MR) is 102 cm³/mol. The number of nitrogens with one attached hydrogen (secondary N) is 2. The molecule has 2 aromatic carbocycles. The van der Waals surface area contributed by atoms with E-state index in [4.69, 9.17) is 11.6 Å². The number of nitrogens with zero attached hydrogens (tertiary/aromatic N) is 1. The Bertz CT molecular complexity index is 713. The number of piperazine rings is 1. The van der Waals surface area contributed by atoms with E-state index in [0.717, 1.165) is 48.9 Å². The second-order valence-corrected chi connectivity index (χ2v) is 7.05. The highest BCUT2D eigenvalue weighted by atomic mass is 35.5. The normalized spacial score (nSPS) is 15.1. The summed E-state index contributed by atoms with van der Waals surface area (Å²) in [6, 6.07) is 14.3. The summed E-state index contributed by atoms with van der Waals surface area (Å²) >= 11 is 5.87. The Morgan fingerprint density at radius 3 is 2.38 bits per heavy atom. The van der Waals surface area contributed by atoms with Crippen molar-refractivity contribution in [2.24, 2.45) is 0 Å². The Hall–Kier alpha value is -2.11. The molecule has 4 nitrogen and oxygen atoms in total. The summed E-state index contributed by atoms with van der Waals surface area (Å²) in [6.45, 7) is 4.69. The van der Waals surface area contributed by atoms with Crippen LogP contribution in [0.3, 0.4) is 0 Å². The lowest BCUT2D eigenvalue weighted by Crippen LogP contribution is -3.16. The van der Waals surface area contributed by atoms with Gasteiger partial charge in [-0.1, -0.05) is 23.7 Å². The highest BCUT2D eigenvalue weighted by Crippen LogP contribution is 2.14. The molecule has 0 atom stereocenters. The van der Waals surface area contributed by atoms with Crippen molar-refractivity contribution in [3.63, 3.8) is 0 Å². The number of hydrogen-bond donors (Lipinski definition) is 2. The Morgan fingerprint density at radius 1 is 1.08 bits per heavy atom. The van der Waals surface area contributed by atoms with E-state index >= 15 is 0 Å². The van der Waals surface area contributed by atoms with Crippen molar-refractivity contribution in [3.05, 3.63) is 64.9 Å². The average molecular weight is 377 g/mol. The van der Waals surface area contributed by atoms with Crippen LogP contribution in [0.2, 0.25) is 5.02 Å². The van der Waals surface area contributed by atoms with Gasteiger partial charge in [-0.3, -0.25) is 4.79 Å². The highest BCUT2D eigenvalue weighted by Gasteiger charge is 2.22. The summed E-state index contributed by atoms with van der Waals surface area (Å²) in [4.78, 5) is 15.7. The number of rotatable bonds is 6. The number of hydrogen-bond acceptors (Lipinski definition) is 2. The van der Waals surface area contributed by atoms with E-state index in [1.54, 1.807) is 0 Å². The first kappa shape index (κ1) is 18.7. The van der Waals surface area contributed by atoms with Gasteiger partial charge in [0.05, 0.1) is 26.2 Å². The standard InChI is InChI=1S/C20H23ClFN3O/c21-17-3-1-16(2-4-17)9-10-23-20(26)15-24-11-13-25(14-12-24)19-7-5-18(22)6-8-19/h1-8H,9-15H2,(H,23,26)/p+1. The van der Waals surface area contributed by atoms with Gasteiger partial charge in [-0.15, -0.1) is 0 Å². The first-order valence-corrected chi connectivity index (χ1v) is 9.33. The Morgan fingerprint density at radius 2 is 1.73 bits per heavy atom. The third kappa shape index (κ3) is 5.44. The molecule has 1 amide bonds. The first-order chi connectivity index (χ1) is 12.6. The van der Waals surface area contributed by atoms with Crippen molar-refractivity contribution in [3.8, 4) is 0 Å². The molecule has 1 fully saturated rings. The maximum atomic E-state index is 13.0. The van der Waals surface area contributed by atoms with Crippen LogP contribution in [0, 0.1) is 5.82 Å². The van der Waals surface area contributed by atoms with Gasteiger partial charge in [0.15, 0.2) is 6.54 Å². The summed E-state index contributed by atoms with van der Waals surface area (Å²) in [5.74, 6) is -0.127. The van der Waals surface area contributed by atoms with E-state index in [1.165, 1.54) is 17.0 Å². The van der Waals surface area contributed by atoms with Crippen LogP contribution < -0.4 is 15.1 Å². The highest BCUT2D eigenvalue weighted by molar-refractivity contribution is 6.30. The summed E-state index contributed by atoms with van der Waals surface area (Å²) < 4.78 is 13.0. The van der Waals surface area contributed by atoms with Gasteiger partial charge in [-0.2, -0.15) is 0 Å². The van der Waals surface area contributed by atoms with Crippen molar-refractivity contribution >= 4 is 23.2 Å². The van der Waals surface area contributed by atoms with Crippen LogP contribution >= 0.6 is 11.6 Å². The van der Waals surface area contributed by atoms with Crippen LogP contribution in [0.5, 0.6) is 0 Å². The van der Waals surface area contributed by atoms with Crippen LogP contribution in [0.25, 0.3) is 0 Å². The summed E-state index contributed by atoms with van der Waals surface area (Å²) in [6.07, 6.45) is 0.802. The fourth-order valence-corrected chi connectivity index (χ4v) is 3.32. The predicted octanol–water partition coefficient (Wildman–Crippen LogP) is 1.54. The van der Waals surface area contributed by atoms with Gasteiger partial charge in [0.1, 0.15) is 5.82 Å². The van der Waals surface area contributed by atoms with Gasteiger partial charge in [0, 0.05) is 17.3 Å². The van der Waals surface area contributed by atoms with Crippen LogP contribution in [-0.4, -0.2) is 45.2 Å². The molecule has 1 saturated heterocycles. The largest absolute Gasteiger partial charge is 0.360 e. The molecule has 0 saturated carbocycles. The van der Waals surface area contributed by atoms with E-state index in [1.807, 2.05) is 36.4 Å². The third-order valence-corrected chi connectivity index (χ3v) is 4.97. The monoisotopic (exact) mass is 376 g/mol. The summed E-state index contributed by atoms with van der Waals surface area (Å²) in [5.41, 5.74) is 2.20. The van der Waals surface area contributed by atoms with Gasteiger partial charge in [0.2, 0.25) is 0 Å². The Balaban J connectivity index is 1.36. The lowest BCUT2D eigenvalue weighted by atomic mass is 10.1. The summed E-state index contributed by atoms with van der Waals surface area (Å²) in [7, 11) is 0. The number of benzene rings is 2. The molecule has 0 aromatic heterocycles. The van der Waals surface area contributed by atoms with Crippen LogP contribution in [-0.2, 0) is 11.2 Å². The molecule has 1 aliphatic heterocycles. The molecule has 0 radical (unpaired) electrons. The van der Waals surface area contributed by atoms with E-state index in [0.29, 0.717) is 13.1 Å². The van der Waals surface area contributed by atoms with Crippen molar-refractivity contribution in [1.82, 2.24) is 5.32 Å². The van der Waals surface area contributed by atoms with Gasteiger partial charge in [-0.25, -0.2) is 4.39 Å². The molecule has 1 heterocycles. The van der Waals surface area contributed by atoms with Gasteiger partial charge in [-0.05, 0) is 48.4 Å². The third-order valence-electron chi connectivity index (χ3n) is 4.72. The van der Waals surface area contributed by atoms with Crippen LogP contribution in [0.1, 0.15) is 5.56 Å². The van der Waals surface area contributed by atoms with Gasteiger partial charge in [0.25, 0.3) is 5.91 Å². The number of anilines is 1. The molecule has 26 heavy (non-hydrogen) atoms. The molecule has 0 spiro atoms. The van der Waals surface area contributed by atoms with Crippen LogP contribution in [0.4, 0.5) is 10.1 Å². The molecule has 0 aliphatic carbocycles. The minimum absolute atomic E-state index is 0.0872. The molecule has 1 aliphatic rings. The van der Waals surface area contributed by atoms with E-state index < -0.39 is 0 Å². The minimum atomic E-state index is -0.215. The maximum Gasteiger partial charge on any atom is 0.275 e. The zero-order valence-corrected chi connectivity index (χ0v) is 15.4. The number of quaternary nitrogens is 1. The second-order valence-electron chi connectivity index (χ2n) is 6.62. The first-order valence-electron chi connectivity index (χ1n) is 8.95. The molecule has 0 bridgehead atoms. The smallest absolute Gasteiger partial charge is 0.275 e. The maximum absolute atomic E-state index is 13.0. The lowest BCUT2D eigenvalue weighted by Gasteiger charge is -2.33. The molecule has 3 rings (SSSR count). The summed E-state index contributed by atoms with van der Waals surface area (Å²) in [5, 5.41) is 3.72. The van der Waals surface area contributed by atoms with Gasteiger partial charge < -0.3 is 15.1 Å². The fraction of sp³-hybridized carbons (Fsp3) is 0.350. The van der Waals surface area contributed by atoms with E-state index in [2.05, 4.69) is 10.2 Å². The average Bonchev–Trinajstić information content (AvgIpc) is 2.65. The van der Waals surface area contributed by atoms with Crippen molar-refractivity contribution < 1.29 is 14.1 Å². The molecular formula is C20H24ClFN3O+. The Labute approximate surface area is 158 Å². The van der Waals surface area contributed by atoms with Crippen LogP contribution in [0.15, 0.2) is 48.5 Å². The van der Waals surface area contributed by atoms with Crippen molar-refractivity contribution in [1.29, 1.82) is 0 Å². The zero-order chi connectivity index (χ0) is 18.4. The number of amides is 1. The Kier molecular flexibility index (Phi) is 6.47. The van der Waals surface area contributed by atoms with Crippen molar-refractivity contribution in [2.75, 3.05) is 44.2 Å². The number of carbonyl (C=O) groups excluding carboxylic acids is 1. The topological polar surface area (TPSA) is 36.8 Å². The molecule has 0 unspecified atom stereocenters. The van der Waals surface area contributed by atoms with E-state index in [-0.39, 0.29) is 11.7 Å². The van der Waals surface area contributed by atoms with Gasteiger partial charge >= 0.3 is 0 Å².